The van der Waals surface area contributed by atoms with Crippen molar-refractivity contribution in [2.24, 2.45) is 0 Å². The summed E-state index contributed by atoms with van der Waals surface area (Å²) in [6.07, 6.45) is 0. The van der Waals surface area contributed by atoms with E-state index in [1.165, 1.54) is 0 Å². The van der Waals surface area contributed by atoms with Crippen LogP contribution in [-0.4, -0.2) is 63.6 Å². The van der Waals surface area contributed by atoms with Crippen molar-refractivity contribution < 1.29 is 4.79 Å². The molecule has 1 aliphatic heterocycles. The molecule has 1 aromatic rings. The third kappa shape index (κ3) is 2.06. The number of amides is 1. The molecule has 0 bridgehead atoms. The van der Waals surface area contributed by atoms with Gasteiger partial charge in [-0.2, -0.15) is 0 Å². The van der Waals surface area contributed by atoms with Crippen molar-refractivity contribution in [2.75, 3.05) is 26.7 Å². The number of aromatic amines is 1. The quantitative estimate of drug-likeness (QED) is 0.721. The van der Waals surface area contributed by atoms with Gasteiger partial charge in [-0.15, -0.1) is 5.10 Å². The summed E-state index contributed by atoms with van der Waals surface area (Å²) in [4.78, 5) is 20.2. The molecule has 1 N–H and O–H groups in total. The van der Waals surface area contributed by atoms with Gasteiger partial charge in [0.1, 0.15) is 5.82 Å². The minimum atomic E-state index is -0.0787. The maximum absolute atomic E-state index is 12.1. The smallest absolute Gasteiger partial charge is 0.293 e. The lowest BCUT2D eigenvalue weighted by atomic mass is 10.2. The fraction of sp³-hybridized carbons (Fsp3) is 0.700. The Morgan fingerprint density at radius 2 is 2.25 bits per heavy atom. The highest BCUT2D eigenvalue weighted by molar-refractivity contribution is 5.90. The number of hydrogen-bond donors (Lipinski definition) is 1. The van der Waals surface area contributed by atoms with Crippen LogP contribution >= 0.6 is 0 Å². The summed E-state index contributed by atoms with van der Waals surface area (Å²) in [5.74, 6) is 0.865. The number of nitrogens with one attached hydrogen (secondary N) is 1. The molecule has 1 saturated heterocycles. The Bertz CT molecular complexity index is 388. The van der Waals surface area contributed by atoms with Gasteiger partial charge in [0.2, 0.25) is 5.82 Å². The zero-order valence-electron chi connectivity index (χ0n) is 9.90. The molecule has 1 aromatic heterocycles. The number of piperazine rings is 1. The first-order chi connectivity index (χ1) is 7.58. The van der Waals surface area contributed by atoms with Crippen molar-refractivity contribution in [3.05, 3.63) is 11.6 Å². The summed E-state index contributed by atoms with van der Waals surface area (Å²) in [6, 6.07) is 0.213. The van der Waals surface area contributed by atoms with E-state index in [2.05, 4.69) is 27.1 Å². The third-order valence-electron chi connectivity index (χ3n) is 2.88. The summed E-state index contributed by atoms with van der Waals surface area (Å²) in [6.45, 7) is 6.38. The van der Waals surface area contributed by atoms with Crippen LogP contribution in [0.15, 0.2) is 0 Å². The van der Waals surface area contributed by atoms with E-state index < -0.39 is 0 Å². The van der Waals surface area contributed by atoms with Gasteiger partial charge in [-0.05, 0) is 20.9 Å². The number of nitrogens with zero attached hydrogens (tertiary/aromatic N) is 4. The van der Waals surface area contributed by atoms with Crippen LogP contribution in [0.5, 0.6) is 0 Å². The van der Waals surface area contributed by atoms with Crippen LogP contribution in [0.1, 0.15) is 23.4 Å². The summed E-state index contributed by atoms with van der Waals surface area (Å²) in [5, 5.41) is 6.60. The number of likely N-dealkylation sites (N-methyl/N-ethyl adjacent to an activating group) is 1. The molecule has 0 spiro atoms. The van der Waals surface area contributed by atoms with Gasteiger partial charge in [-0.25, -0.2) is 4.98 Å². The zero-order valence-corrected chi connectivity index (χ0v) is 9.90. The Hall–Kier alpha value is -1.43. The number of hydrogen-bond acceptors (Lipinski definition) is 4. The topological polar surface area (TPSA) is 65.1 Å². The predicted octanol–water partition coefficient (Wildman–Crippen LogP) is -0.111. The second-order valence-electron chi connectivity index (χ2n) is 4.35. The van der Waals surface area contributed by atoms with Gasteiger partial charge >= 0.3 is 0 Å². The van der Waals surface area contributed by atoms with Gasteiger partial charge in [-0.3, -0.25) is 9.89 Å². The monoisotopic (exact) mass is 223 g/mol. The molecule has 88 valence electrons. The van der Waals surface area contributed by atoms with Crippen molar-refractivity contribution in [3.8, 4) is 0 Å². The van der Waals surface area contributed by atoms with E-state index >= 15 is 0 Å². The lowest BCUT2D eigenvalue weighted by Gasteiger charge is -2.37. The number of H-pyrrole nitrogens is 1. The molecule has 0 radical (unpaired) electrons. The van der Waals surface area contributed by atoms with Gasteiger partial charge in [0.15, 0.2) is 0 Å². The van der Waals surface area contributed by atoms with Crippen molar-refractivity contribution in [1.82, 2.24) is 25.0 Å². The Morgan fingerprint density at radius 1 is 1.50 bits per heavy atom. The van der Waals surface area contributed by atoms with E-state index in [-0.39, 0.29) is 17.8 Å². The van der Waals surface area contributed by atoms with E-state index in [4.69, 9.17) is 0 Å². The highest BCUT2D eigenvalue weighted by atomic mass is 16.2. The fourth-order valence-corrected chi connectivity index (χ4v) is 2.01. The van der Waals surface area contributed by atoms with Crippen LogP contribution in [0.4, 0.5) is 0 Å². The normalized spacial score (nSPS) is 22.4. The van der Waals surface area contributed by atoms with Crippen LogP contribution in [-0.2, 0) is 0 Å². The SMILES string of the molecule is Cc1nc(C(=O)N2CCN(C)CC2C)n[nH]1. The Kier molecular flexibility index (Phi) is 2.91. The molecule has 0 saturated carbocycles. The Morgan fingerprint density at radius 3 is 2.81 bits per heavy atom. The van der Waals surface area contributed by atoms with E-state index in [0.717, 1.165) is 19.6 Å². The molecular formula is C10H17N5O. The zero-order chi connectivity index (χ0) is 11.7. The number of carbonyl (C=O) groups is 1. The molecule has 1 atom stereocenters. The lowest BCUT2D eigenvalue weighted by molar-refractivity contribution is 0.0522. The van der Waals surface area contributed by atoms with E-state index in [1.807, 2.05) is 11.8 Å². The van der Waals surface area contributed by atoms with Crippen molar-refractivity contribution in [2.45, 2.75) is 19.9 Å². The molecule has 1 aliphatic rings. The van der Waals surface area contributed by atoms with Crippen LogP contribution < -0.4 is 0 Å². The van der Waals surface area contributed by atoms with E-state index in [1.54, 1.807) is 6.92 Å². The molecular weight excluding hydrogens is 206 g/mol. The summed E-state index contributed by atoms with van der Waals surface area (Å²) >= 11 is 0. The highest BCUT2D eigenvalue weighted by Gasteiger charge is 2.28. The van der Waals surface area contributed by atoms with E-state index in [9.17, 15) is 4.79 Å². The molecule has 2 heterocycles. The maximum atomic E-state index is 12.1. The van der Waals surface area contributed by atoms with Gasteiger partial charge < -0.3 is 9.80 Å². The molecule has 2 rings (SSSR count). The average Bonchev–Trinajstić information content (AvgIpc) is 2.64. The van der Waals surface area contributed by atoms with Gasteiger partial charge in [0.25, 0.3) is 5.91 Å². The van der Waals surface area contributed by atoms with Crippen LogP contribution in [0.25, 0.3) is 0 Å². The minimum absolute atomic E-state index is 0.0787. The van der Waals surface area contributed by atoms with Crippen molar-refractivity contribution >= 4 is 5.91 Å². The van der Waals surface area contributed by atoms with E-state index in [0.29, 0.717) is 5.82 Å². The first kappa shape index (κ1) is 11.1. The molecule has 1 fully saturated rings. The standard InChI is InChI=1S/C10H17N5O/c1-7-6-14(3)4-5-15(7)10(16)9-11-8(2)12-13-9/h7H,4-6H2,1-3H3,(H,11,12,13). The summed E-state index contributed by atoms with van der Waals surface area (Å²) < 4.78 is 0. The molecule has 6 nitrogen and oxygen atoms in total. The van der Waals surface area contributed by atoms with Crippen molar-refractivity contribution in [1.29, 1.82) is 0 Å². The third-order valence-corrected chi connectivity index (χ3v) is 2.88. The summed E-state index contributed by atoms with van der Waals surface area (Å²) in [5.41, 5.74) is 0. The van der Waals surface area contributed by atoms with Crippen LogP contribution in [0.3, 0.4) is 0 Å². The Balaban J connectivity index is 2.10. The second kappa shape index (κ2) is 4.21. The molecule has 0 aromatic carbocycles. The van der Waals surface area contributed by atoms with Crippen molar-refractivity contribution in [3.63, 3.8) is 0 Å². The highest BCUT2D eigenvalue weighted by Crippen LogP contribution is 2.10. The lowest BCUT2D eigenvalue weighted by Crippen LogP contribution is -2.52. The first-order valence-electron chi connectivity index (χ1n) is 5.46. The number of carbonyl (C=O) groups excluding carboxylic acids is 1. The molecule has 1 unspecified atom stereocenters. The van der Waals surface area contributed by atoms with Crippen LogP contribution in [0, 0.1) is 6.92 Å². The molecule has 6 heteroatoms. The predicted molar refractivity (Wildman–Crippen MR) is 59.1 cm³/mol. The second-order valence-corrected chi connectivity index (χ2v) is 4.35. The first-order valence-corrected chi connectivity index (χ1v) is 5.46. The average molecular weight is 223 g/mol. The molecule has 16 heavy (non-hydrogen) atoms. The number of aromatic nitrogens is 3. The van der Waals surface area contributed by atoms with Crippen LogP contribution in [0.2, 0.25) is 0 Å². The van der Waals surface area contributed by atoms with Gasteiger partial charge in [0.05, 0.1) is 0 Å². The van der Waals surface area contributed by atoms with Gasteiger partial charge in [0, 0.05) is 25.7 Å². The van der Waals surface area contributed by atoms with Gasteiger partial charge in [-0.1, -0.05) is 0 Å². The Labute approximate surface area is 94.6 Å². The largest absolute Gasteiger partial charge is 0.331 e. The molecule has 1 amide bonds. The number of rotatable bonds is 1. The molecule has 0 aliphatic carbocycles. The summed E-state index contributed by atoms with van der Waals surface area (Å²) in [7, 11) is 2.06. The number of aryl methyl sites for hydroxylation is 1. The maximum Gasteiger partial charge on any atom is 0.293 e. The minimum Gasteiger partial charge on any atom is -0.331 e. The fourth-order valence-electron chi connectivity index (χ4n) is 2.01.